The molecule has 5 N–H and O–H groups in total. The number of rotatable bonds is 8. The molecule has 0 aromatic rings. The topological polar surface area (TPSA) is 169 Å². The van der Waals surface area contributed by atoms with Gasteiger partial charge in [0.2, 0.25) is 0 Å². The summed E-state index contributed by atoms with van der Waals surface area (Å²) in [6.07, 6.45) is -1.76. The molecule has 0 heterocycles. The highest BCUT2D eigenvalue weighted by Crippen LogP contribution is 2.24. The van der Waals surface area contributed by atoms with Crippen LogP contribution >= 0.6 is 0 Å². The van der Waals surface area contributed by atoms with Gasteiger partial charge in [-0.1, -0.05) is 0 Å². The predicted molar refractivity (Wildman–Crippen MR) is 57.1 cm³/mol. The number of carboxylic acid groups (broad SMARTS) is 4. The molecule has 0 saturated heterocycles. The lowest BCUT2D eigenvalue weighted by Gasteiger charge is -2.23. The second-order valence-electron chi connectivity index (χ2n) is 4.04. The highest BCUT2D eigenvalue weighted by molar-refractivity contribution is 5.93. The Morgan fingerprint density at radius 3 is 1.63 bits per heavy atom. The third kappa shape index (κ3) is 4.92. The summed E-state index contributed by atoms with van der Waals surface area (Å²) in [6.45, 7) is 2.89. The number of aliphatic hydroxyl groups is 1. The summed E-state index contributed by atoms with van der Waals surface area (Å²) in [4.78, 5) is 42.7. The molecular formula is C10H13O9. The molecule has 9 heteroatoms. The van der Waals surface area contributed by atoms with Gasteiger partial charge in [-0.3, -0.25) is 14.4 Å². The van der Waals surface area contributed by atoms with Crippen LogP contribution in [0.3, 0.4) is 0 Å². The van der Waals surface area contributed by atoms with Gasteiger partial charge in [-0.15, -0.1) is 0 Å². The van der Waals surface area contributed by atoms with Gasteiger partial charge in [-0.05, 0) is 13.3 Å². The molecule has 9 nitrogen and oxygen atoms in total. The number of carboxylic acids is 4. The molecule has 0 saturated carbocycles. The zero-order chi connectivity index (χ0) is 15.4. The van der Waals surface area contributed by atoms with Gasteiger partial charge >= 0.3 is 23.9 Å². The number of aliphatic carboxylic acids is 4. The van der Waals surface area contributed by atoms with E-state index in [1.54, 1.807) is 0 Å². The summed E-state index contributed by atoms with van der Waals surface area (Å²) in [7, 11) is 0. The molecule has 0 aliphatic heterocycles. The first-order valence-electron chi connectivity index (χ1n) is 4.98. The van der Waals surface area contributed by atoms with Crippen LogP contribution in [0.15, 0.2) is 0 Å². The fraction of sp³-hybridized carbons (Fsp3) is 0.500. The van der Waals surface area contributed by atoms with Gasteiger partial charge in [-0.25, -0.2) is 4.79 Å². The molecule has 107 valence electrons. The Morgan fingerprint density at radius 2 is 1.37 bits per heavy atom. The third-order valence-electron chi connectivity index (χ3n) is 2.45. The molecular weight excluding hydrogens is 264 g/mol. The lowest BCUT2D eigenvalue weighted by atomic mass is 9.85. The van der Waals surface area contributed by atoms with Gasteiger partial charge in [0.1, 0.15) is 0 Å². The zero-order valence-electron chi connectivity index (χ0n) is 9.65. The van der Waals surface area contributed by atoms with Gasteiger partial charge < -0.3 is 25.5 Å². The van der Waals surface area contributed by atoms with Crippen molar-refractivity contribution in [3.63, 3.8) is 0 Å². The van der Waals surface area contributed by atoms with Gasteiger partial charge in [0.15, 0.2) is 11.5 Å². The first-order valence-corrected chi connectivity index (χ1v) is 4.98. The summed E-state index contributed by atoms with van der Waals surface area (Å²) >= 11 is 0. The first-order chi connectivity index (χ1) is 8.49. The normalized spacial score (nSPS) is 15.5. The average Bonchev–Trinajstić information content (AvgIpc) is 2.21. The second-order valence-corrected chi connectivity index (χ2v) is 4.04. The van der Waals surface area contributed by atoms with Crippen LogP contribution in [0.5, 0.6) is 0 Å². The van der Waals surface area contributed by atoms with Gasteiger partial charge in [0.05, 0.1) is 5.92 Å². The van der Waals surface area contributed by atoms with Crippen LogP contribution in [0.2, 0.25) is 0 Å². The van der Waals surface area contributed by atoms with Crippen LogP contribution < -0.4 is 0 Å². The van der Waals surface area contributed by atoms with E-state index in [0.29, 0.717) is 0 Å². The first kappa shape index (κ1) is 16.8. The Balaban J connectivity index is 5.04. The van der Waals surface area contributed by atoms with Crippen LogP contribution in [0.4, 0.5) is 0 Å². The van der Waals surface area contributed by atoms with Crippen molar-refractivity contribution < 1.29 is 44.7 Å². The molecule has 0 rings (SSSR count). The van der Waals surface area contributed by atoms with E-state index in [-0.39, 0.29) is 0 Å². The minimum absolute atomic E-state index is 0.856. The molecule has 0 aliphatic rings. The number of hydrogen-bond acceptors (Lipinski definition) is 5. The summed E-state index contributed by atoms with van der Waals surface area (Å²) in [5.41, 5.74) is -2.63. The molecule has 0 aliphatic carbocycles. The van der Waals surface area contributed by atoms with Crippen molar-refractivity contribution in [2.24, 2.45) is 11.8 Å². The van der Waals surface area contributed by atoms with Gasteiger partial charge in [0.25, 0.3) is 0 Å². The van der Waals surface area contributed by atoms with Crippen LogP contribution in [-0.2, 0) is 19.2 Å². The third-order valence-corrected chi connectivity index (χ3v) is 2.45. The Morgan fingerprint density at radius 1 is 0.947 bits per heavy atom. The van der Waals surface area contributed by atoms with E-state index < -0.39 is 54.2 Å². The van der Waals surface area contributed by atoms with Crippen LogP contribution in [0.1, 0.15) is 12.8 Å². The molecule has 0 spiro atoms. The van der Waals surface area contributed by atoms with E-state index >= 15 is 0 Å². The van der Waals surface area contributed by atoms with E-state index in [2.05, 4.69) is 6.92 Å². The molecule has 0 fully saturated rings. The largest absolute Gasteiger partial charge is 0.481 e. The molecule has 0 aromatic carbocycles. The van der Waals surface area contributed by atoms with Crippen molar-refractivity contribution in [3.8, 4) is 0 Å². The fourth-order valence-electron chi connectivity index (χ4n) is 1.36. The Labute approximate surface area is 107 Å². The molecule has 2 atom stereocenters. The molecule has 19 heavy (non-hydrogen) atoms. The minimum Gasteiger partial charge on any atom is -0.481 e. The Bertz CT molecular complexity index is 384. The van der Waals surface area contributed by atoms with E-state index in [1.165, 1.54) is 0 Å². The molecule has 2 unspecified atom stereocenters. The van der Waals surface area contributed by atoms with Gasteiger partial charge in [0, 0.05) is 6.42 Å². The zero-order valence-corrected chi connectivity index (χ0v) is 9.65. The second kappa shape index (κ2) is 6.14. The van der Waals surface area contributed by atoms with Crippen molar-refractivity contribution >= 4 is 23.9 Å². The van der Waals surface area contributed by atoms with Crippen molar-refractivity contribution in [2.75, 3.05) is 0 Å². The molecule has 0 bridgehead atoms. The van der Waals surface area contributed by atoms with Gasteiger partial charge in [-0.2, -0.15) is 0 Å². The van der Waals surface area contributed by atoms with Crippen molar-refractivity contribution in [3.05, 3.63) is 6.92 Å². The monoisotopic (exact) mass is 277 g/mol. The predicted octanol–water partition coefficient (Wildman–Crippen LogP) is -1.10. The highest BCUT2D eigenvalue weighted by atomic mass is 16.4. The fourth-order valence-corrected chi connectivity index (χ4v) is 1.36. The van der Waals surface area contributed by atoms with Crippen LogP contribution in [-0.4, -0.2) is 55.0 Å². The van der Waals surface area contributed by atoms with E-state index in [9.17, 15) is 24.3 Å². The van der Waals surface area contributed by atoms with Crippen molar-refractivity contribution in [2.45, 2.75) is 18.4 Å². The highest BCUT2D eigenvalue weighted by Gasteiger charge is 2.39. The summed E-state index contributed by atoms with van der Waals surface area (Å²) < 4.78 is 0. The molecule has 0 aromatic heterocycles. The van der Waals surface area contributed by atoms with E-state index in [1.807, 2.05) is 0 Å². The van der Waals surface area contributed by atoms with Crippen LogP contribution in [0.25, 0.3) is 0 Å². The SMILES string of the molecule is [CH2]C(O)(CC(CC(C(=O)O)C(=O)O)C(=O)O)C(=O)O. The minimum atomic E-state index is -2.63. The van der Waals surface area contributed by atoms with E-state index in [0.717, 1.165) is 0 Å². The Hall–Kier alpha value is -2.16. The quantitative estimate of drug-likeness (QED) is 0.345. The molecule has 1 radical (unpaired) electrons. The summed E-state index contributed by atoms with van der Waals surface area (Å²) in [5, 5.41) is 44.0. The Kier molecular flexibility index (Phi) is 5.44. The lowest BCUT2D eigenvalue weighted by molar-refractivity contribution is -0.159. The maximum atomic E-state index is 10.9. The summed E-state index contributed by atoms with van der Waals surface area (Å²) in [6, 6.07) is 0. The number of hydrogen-bond donors (Lipinski definition) is 5. The van der Waals surface area contributed by atoms with Crippen LogP contribution in [0, 0.1) is 18.8 Å². The maximum Gasteiger partial charge on any atom is 0.335 e. The standard InChI is InChI=1S/C10H13O9/c1-10(19,9(17)18)3-4(6(11)12)2-5(7(13)14)8(15)16/h4-5,19H,1-3H2,(H,11,12)(H,13,14)(H,15,16)(H,17,18). The molecule has 0 amide bonds. The maximum absolute atomic E-state index is 10.9. The van der Waals surface area contributed by atoms with Crippen molar-refractivity contribution in [1.29, 1.82) is 0 Å². The lowest BCUT2D eigenvalue weighted by Crippen LogP contribution is -2.40. The summed E-state index contributed by atoms with van der Waals surface area (Å²) in [5.74, 6) is -10.6. The van der Waals surface area contributed by atoms with E-state index in [4.69, 9.17) is 20.4 Å². The van der Waals surface area contributed by atoms with Crippen molar-refractivity contribution in [1.82, 2.24) is 0 Å². The number of carbonyl (C=O) groups is 4. The smallest absolute Gasteiger partial charge is 0.335 e. The average molecular weight is 277 g/mol.